The van der Waals surface area contributed by atoms with Gasteiger partial charge in [0, 0.05) is 26.2 Å². The first kappa shape index (κ1) is 18.1. The maximum atomic E-state index is 12.0. The molecule has 0 aromatic heterocycles. The zero-order valence-electron chi connectivity index (χ0n) is 11.0. The lowest BCUT2D eigenvalue weighted by atomic mass is 10.5. The summed E-state index contributed by atoms with van der Waals surface area (Å²) in [4.78, 5) is 0. The van der Waals surface area contributed by atoms with Gasteiger partial charge in [0.15, 0.2) is 9.76 Å². The largest absolute Gasteiger partial charge is 0.668 e. The van der Waals surface area contributed by atoms with Gasteiger partial charge < -0.3 is 17.4 Å². The molecule has 0 rings (SSSR count). The minimum atomic E-state index is -4.14. The smallest absolute Gasteiger partial charge is 0.400 e. The minimum absolute atomic E-state index is 0.00543. The van der Waals surface area contributed by atoms with E-state index in [1.165, 1.54) is 0 Å². The fraction of sp³-hybridized carbons (Fsp3) is 1.00. The van der Waals surface area contributed by atoms with Gasteiger partial charge in [0.25, 0.3) is 0 Å². The molecule has 0 saturated heterocycles. The molecule has 0 aromatic rings. The summed E-state index contributed by atoms with van der Waals surface area (Å²) in [6, 6.07) is 0.00543. The summed E-state index contributed by atoms with van der Waals surface area (Å²) in [6.45, 7) is 6.33. The molecule has 0 heterocycles. The van der Waals surface area contributed by atoms with Gasteiger partial charge in [0.1, 0.15) is 0 Å². The summed E-state index contributed by atoms with van der Waals surface area (Å²) in [5, 5.41) is 0. The normalized spacial score (nSPS) is 13.7. The molecule has 0 aromatic carbocycles. The summed E-state index contributed by atoms with van der Waals surface area (Å²) >= 11 is 0. The highest BCUT2D eigenvalue weighted by atomic mass is 28.4. The molecular weight excluding hydrogens is 285 g/mol. The molecular formula is C9H21F3O4Si2. The molecule has 0 aliphatic carbocycles. The Balaban J connectivity index is 4.21. The van der Waals surface area contributed by atoms with Crippen LogP contribution in [0.15, 0.2) is 0 Å². The average molecular weight is 306 g/mol. The number of rotatable bonds is 10. The SMILES string of the molecule is CCO[Si](OCC)(OCC)O[SiH2]CCC(F)(F)F. The molecule has 0 N–H and O–H groups in total. The standard InChI is InChI=1S/C9H21F3O4Si2/c1-4-13-18(14-5-2,15-6-3)16-17-8-7-9(10,11)12/h4-8,17H2,1-3H3. The van der Waals surface area contributed by atoms with Crippen LogP contribution in [0.5, 0.6) is 0 Å². The van der Waals surface area contributed by atoms with E-state index in [1.807, 2.05) is 0 Å². The summed E-state index contributed by atoms with van der Waals surface area (Å²) in [5.41, 5.74) is 0. The molecule has 0 radical (unpaired) electrons. The molecule has 110 valence electrons. The van der Waals surface area contributed by atoms with Crippen molar-refractivity contribution in [1.82, 2.24) is 0 Å². The molecule has 0 bridgehead atoms. The number of hydrogen-bond acceptors (Lipinski definition) is 4. The lowest BCUT2D eigenvalue weighted by molar-refractivity contribution is -0.130. The molecule has 18 heavy (non-hydrogen) atoms. The summed E-state index contributed by atoms with van der Waals surface area (Å²) in [6.07, 6.45) is -4.96. The lowest BCUT2D eigenvalue weighted by Gasteiger charge is -2.27. The first-order valence-corrected chi connectivity index (χ1v) is 9.22. The van der Waals surface area contributed by atoms with Crippen molar-refractivity contribution in [2.45, 2.75) is 39.4 Å². The van der Waals surface area contributed by atoms with Crippen LogP contribution in [0.25, 0.3) is 0 Å². The second kappa shape index (κ2) is 9.05. The van der Waals surface area contributed by atoms with Crippen molar-refractivity contribution in [3.05, 3.63) is 0 Å². The second-order valence-corrected chi connectivity index (χ2v) is 7.50. The maximum absolute atomic E-state index is 12.0. The quantitative estimate of drug-likeness (QED) is 0.457. The van der Waals surface area contributed by atoms with Gasteiger partial charge in [0.05, 0.1) is 0 Å². The Hall–Kier alpha value is 0.0638. The van der Waals surface area contributed by atoms with Gasteiger partial charge in [-0.05, 0) is 26.8 Å². The highest BCUT2D eigenvalue weighted by Gasteiger charge is 2.44. The number of hydrogen-bond donors (Lipinski definition) is 0. The van der Waals surface area contributed by atoms with E-state index in [9.17, 15) is 13.2 Å². The van der Waals surface area contributed by atoms with Crippen molar-refractivity contribution in [3.8, 4) is 0 Å². The van der Waals surface area contributed by atoms with Gasteiger partial charge in [-0.25, -0.2) is 0 Å². The van der Waals surface area contributed by atoms with Gasteiger partial charge in [-0.3, -0.25) is 0 Å². The summed E-state index contributed by atoms with van der Waals surface area (Å²) in [7, 11) is -4.56. The average Bonchev–Trinajstić information content (AvgIpc) is 2.24. The maximum Gasteiger partial charge on any atom is 0.668 e. The molecule has 0 amide bonds. The third-order valence-electron chi connectivity index (χ3n) is 1.85. The Bertz CT molecular complexity index is 199. The molecule has 0 fully saturated rings. The van der Waals surface area contributed by atoms with E-state index in [-0.39, 0.29) is 6.04 Å². The van der Waals surface area contributed by atoms with E-state index in [2.05, 4.69) is 0 Å². The van der Waals surface area contributed by atoms with Crippen LogP contribution in [0.1, 0.15) is 27.2 Å². The van der Waals surface area contributed by atoms with E-state index in [1.54, 1.807) is 20.8 Å². The lowest BCUT2D eigenvalue weighted by Crippen LogP contribution is -2.50. The van der Waals surface area contributed by atoms with Crippen LogP contribution in [-0.4, -0.2) is 44.8 Å². The first-order valence-electron chi connectivity index (χ1n) is 6.01. The third-order valence-corrected chi connectivity index (χ3v) is 6.65. The van der Waals surface area contributed by atoms with E-state index in [0.29, 0.717) is 19.8 Å². The van der Waals surface area contributed by atoms with Crippen molar-refractivity contribution >= 4 is 18.8 Å². The Morgan fingerprint density at radius 2 is 1.39 bits per heavy atom. The first-order chi connectivity index (χ1) is 8.39. The van der Waals surface area contributed by atoms with Crippen molar-refractivity contribution in [1.29, 1.82) is 0 Å². The molecule has 0 saturated carbocycles. The van der Waals surface area contributed by atoms with Crippen LogP contribution in [-0.2, 0) is 17.4 Å². The highest BCUT2D eigenvalue weighted by molar-refractivity contribution is 6.60. The third kappa shape index (κ3) is 8.22. The topological polar surface area (TPSA) is 36.9 Å². The van der Waals surface area contributed by atoms with Crippen molar-refractivity contribution < 1.29 is 30.6 Å². The molecule has 0 aliphatic rings. The molecule has 0 atom stereocenters. The molecule has 0 spiro atoms. The predicted octanol–water partition coefficient (Wildman–Crippen LogP) is 2.00. The monoisotopic (exact) mass is 306 g/mol. The molecule has 4 nitrogen and oxygen atoms in total. The Morgan fingerprint density at radius 3 is 1.72 bits per heavy atom. The summed E-state index contributed by atoms with van der Waals surface area (Å²) in [5.74, 6) is 0. The Kier molecular flexibility index (Phi) is 9.08. The van der Waals surface area contributed by atoms with E-state index in [4.69, 9.17) is 17.4 Å². The van der Waals surface area contributed by atoms with Crippen LogP contribution in [0, 0.1) is 0 Å². The fourth-order valence-electron chi connectivity index (χ4n) is 1.25. The number of alkyl halides is 3. The van der Waals surface area contributed by atoms with Crippen LogP contribution >= 0.6 is 0 Å². The fourth-order valence-corrected chi connectivity index (χ4v) is 5.68. The van der Waals surface area contributed by atoms with Crippen LogP contribution in [0.3, 0.4) is 0 Å². The second-order valence-electron chi connectivity index (χ2n) is 3.37. The van der Waals surface area contributed by atoms with Gasteiger partial charge in [-0.1, -0.05) is 0 Å². The van der Waals surface area contributed by atoms with E-state index in [0.717, 1.165) is 0 Å². The molecule has 9 heteroatoms. The van der Waals surface area contributed by atoms with Gasteiger partial charge in [-0.15, -0.1) is 0 Å². The van der Waals surface area contributed by atoms with Crippen molar-refractivity contribution in [2.75, 3.05) is 19.8 Å². The van der Waals surface area contributed by atoms with Crippen LogP contribution < -0.4 is 0 Å². The number of halogens is 3. The minimum Gasteiger partial charge on any atom is -0.400 e. The van der Waals surface area contributed by atoms with Crippen LogP contribution in [0.4, 0.5) is 13.2 Å². The zero-order chi connectivity index (χ0) is 14.1. The summed E-state index contributed by atoms with van der Waals surface area (Å²) < 4.78 is 57.6. The Morgan fingerprint density at radius 1 is 0.944 bits per heavy atom. The molecule has 0 unspecified atom stereocenters. The van der Waals surface area contributed by atoms with Gasteiger partial charge in [0.2, 0.25) is 0 Å². The molecule has 0 aliphatic heterocycles. The van der Waals surface area contributed by atoms with Crippen LogP contribution in [0.2, 0.25) is 6.04 Å². The highest BCUT2D eigenvalue weighted by Crippen LogP contribution is 2.22. The van der Waals surface area contributed by atoms with Gasteiger partial charge in [-0.2, -0.15) is 13.2 Å². The van der Waals surface area contributed by atoms with Crippen molar-refractivity contribution in [2.24, 2.45) is 0 Å². The zero-order valence-corrected chi connectivity index (χ0v) is 13.4. The van der Waals surface area contributed by atoms with Crippen molar-refractivity contribution in [3.63, 3.8) is 0 Å². The van der Waals surface area contributed by atoms with Gasteiger partial charge >= 0.3 is 15.2 Å². The van der Waals surface area contributed by atoms with E-state index < -0.39 is 31.4 Å². The predicted molar refractivity (Wildman–Crippen MR) is 65.7 cm³/mol. The Labute approximate surface area is 109 Å². The van der Waals surface area contributed by atoms with E-state index >= 15 is 0 Å².